The highest BCUT2D eigenvalue weighted by molar-refractivity contribution is 7.90. The number of halogens is 2. The number of hydrogen-bond donors (Lipinski definition) is 1. The molecule has 1 fully saturated rings. The van der Waals surface area contributed by atoms with Crippen LogP contribution in [-0.2, 0) is 16.1 Å². The van der Waals surface area contributed by atoms with Crippen molar-refractivity contribution in [3.05, 3.63) is 79.3 Å². The lowest BCUT2D eigenvalue weighted by Gasteiger charge is -2.45. The Morgan fingerprint density at radius 2 is 1.84 bits per heavy atom. The number of nitrogens with zero attached hydrogens (tertiary/aromatic N) is 3. The van der Waals surface area contributed by atoms with Crippen molar-refractivity contribution in [2.24, 2.45) is 0 Å². The summed E-state index contributed by atoms with van der Waals surface area (Å²) in [4.78, 5) is 20.5. The molecule has 0 amide bonds. The van der Waals surface area contributed by atoms with Gasteiger partial charge >= 0.3 is 0 Å². The molecule has 3 aliphatic rings. The number of aromatic nitrogens is 2. The first-order chi connectivity index (χ1) is 17.5. The molecule has 0 unspecified atom stereocenters. The van der Waals surface area contributed by atoms with E-state index in [-0.39, 0.29) is 11.6 Å². The molecule has 194 valence electrons. The minimum absolute atomic E-state index is 0.136. The molecule has 3 aromatic rings. The Bertz CT molecular complexity index is 1480. The maximum Gasteiger partial charge on any atom is 0.263 e. The van der Waals surface area contributed by atoms with Gasteiger partial charge in [-0.25, -0.2) is 4.98 Å². The standard InChI is InChI=1S/C27H28Cl2N4O3S/c1-15-24(30-16(2)33(25(15)34)19-9-6-8-18(28)22(19)29)32-13-11-27(12-14-32)23-21-17(7-5-10-20(21)36-27)26(3,4)37(35)31-23/h5-10,23,31H,11-14H2,1-4H3/t23-,37-/m1/s1. The first-order valence-corrected chi connectivity index (χ1v) is 14.3. The molecule has 1 saturated heterocycles. The van der Waals surface area contributed by atoms with Crippen molar-refractivity contribution >= 4 is 40.4 Å². The summed E-state index contributed by atoms with van der Waals surface area (Å²) in [6.07, 6.45) is 1.42. The summed E-state index contributed by atoms with van der Waals surface area (Å²) in [6.45, 7) is 8.92. The zero-order valence-corrected chi connectivity index (χ0v) is 23.4. The summed E-state index contributed by atoms with van der Waals surface area (Å²) >= 11 is 11.4. The quantitative estimate of drug-likeness (QED) is 0.439. The summed E-state index contributed by atoms with van der Waals surface area (Å²) < 4.78 is 24.2. The fourth-order valence-corrected chi connectivity index (χ4v) is 7.56. The van der Waals surface area contributed by atoms with Gasteiger partial charge in [0.05, 0.1) is 21.3 Å². The van der Waals surface area contributed by atoms with Gasteiger partial charge in [0.1, 0.15) is 29.0 Å². The van der Waals surface area contributed by atoms with E-state index in [9.17, 15) is 9.35 Å². The van der Waals surface area contributed by atoms with Gasteiger partial charge in [0, 0.05) is 48.4 Å². The largest absolute Gasteiger partial charge is 0.597 e. The number of fused-ring (bicyclic) bond motifs is 1. The molecule has 2 atom stereocenters. The van der Waals surface area contributed by atoms with Crippen LogP contribution in [0, 0.1) is 13.8 Å². The third kappa shape index (κ3) is 3.64. The van der Waals surface area contributed by atoms with Crippen LogP contribution in [0.3, 0.4) is 0 Å². The lowest BCUT2D eigenvalue weighted by molar-refractivity contribution is 0.0373. The Morgan fingerprint density at radius 1 is 1.14 bits per heavy atom. The van der Waals surface area contributed by atoms with Gasteiger partial charge in [0.2, 0.25) is 0 Å². The monoisotopic (exact) mass is 558 g/mol. The van der Waals surface area contributed by atoms with Gasteiger partial charge in [0.15, 0.2) is 4.75 Å². The molecule has 1 aromatic heterocycles. The second-order valence-electron chi connectivity index (χ2n) is 10.5. The van der Waals surface area contributed by atoms with E-state index in [1.165, 1.54) is 4.57 Å². The number of benzene rings is 2. The number of nitrogens with one attached hydrogen (secondary N) is 1. The lowest BCUT2D eigenvalue weighted by Crippen LogP contribution is -2.57. The summed E-state index contributed by atoms with van der Waals surface area (Å²) in [5.74, 6) is 2.08. The molecule has 0 radical (unpaired) electrons. The van der Waals surface area contributed by atoms with E-state index in [4.69, 9.17) is 32.9 Å². The van der Waals surface area contributed by atoms with Gasteiger partial charge in [-0.1, -0.05) is 41.4 Å². The van der Waals surface area contributed by atoms with E-state index in [0.717, 1.165) is 16.9 Å². The SMILES string of the molecule is Cc1c(N2CCC3(CC2)Oc2cccc4c2[C@H]3N[S@+]([O-])C4(C)C)nc(C)n(-c2cccc(Cl)c2Cl)c1=O. The predicted molar refractivity (Wildman–Crippen MR) is 148 cm³/mol. The van der Waals surface area contributed by atoms with Crippen LogP contribution in [0.4, 0.5) is 5.82 Å². The number of piperidine rings is 1. The summed E-state index contributed by atoms with van der Waals surface area (Å²) in [7, 11) is 0. The third-order valence-electron chi connectivity index (χ3n) is 8.06. The van der Waals surface area contributed by atoms with Gasteiger partial charge in [0.25, 0.3) is 5.56 Å². The average Bonchev–Trinajstić information content (AvgIpc) is 3.16. The van der Waals surface area contributed by atoms with Gasteiger partial charge in [-0.2, -0.15) is 0 Å². The highest BCUT2D eigenvalue weighted by atomic mass is 35.5. The Kier molecular flexibility index (Phi) is 5.86. The van der Waals surface area contributed by atoms with Gasteiger partial charge in [-0.15, -0.1) is 4.72 Å². The lowest BCUT2D eigenvalue weighted by atomic mass is 9.80. The number of ether oxygens (including phenoxy) is 1. The number of rotatable bonds is 2. The van der Waals surface area contributed by atoms with Crippen LogP contribution in [0.2, 0.25) is 10.0 Å². The molecule has 0 saturated carbocycles. The van der Waals surface area contributed by atoms with E-state index in [0.29, 0.717) is 58.9 Å². The topological polar surface area (TPSA) is 82.4 Å². The van der Waals surface area contributed by atoms with Crippen LogP contribution >= 0.6 is 23.2 Å². The average molecular weight is 560 g/mol. The molecule has 0 bridgehead atoms. The molecular weight excluding hydrogens is 531 g/mol. The highest BCUT2D eigenvalue weighted by Crippen LogP contribution is 2.55. The Hall–Kier alpha value is -2.23. The molecule has 0 aliphatic carbocycles. The molecule has 1 N–H and O–H groups in total. The van der Waals surface area contributed by atoms with E-state index < -0.39 is 21.7 Å². The smallest absolute Gasteiger partial charge is 0.263 e. The van der Waals surface area contributed by atoms with Crippen molar-refractivity contribution in [2.45, 2.75) is 56.9 Å². The van der Waals surface area contributed by atoms with Crippen LogP contribution in [0.1, 0.15) is 55.2 Å². The van der Waals surface area contributed by atoms with E-state index in [1.807, 2.05) is 26.0 Å². The molecule has 7 nitrogen and oxygen atoms in total. The number of anilines is 1. The Morgan fingerprint density at radius 3 is 2.57 bits per heavy atom. The van der Waals surface area contributed by atoms with Crippen LogP contribution in [0.15, 0.2) is 41.2 Å². The number of aryl methyl sites for hydroxylation is 1. The van der Waals surface area contributed by atoms with E-state index in [1.54, 1.807) is 32.0 Å². The first-order valence-electron chi connectivity index (χ1n) is 12.4. The fourth-order valence-electron chi connectivity index (χ4n) is 5.96. The number of hydrogen-bond acceptors (Lipinski definition) is 6. The molecule has 2 aromatic carbocycles. The third-order valence-corrected chi connectivity index (χ3v) is 10.5. The molecule has 6 rings (SSSR count). The molecule has 4 heterocycles. The van der Waals surface area contributed by atoms with Crippen LogP contribution < -0.4 is 19.9 Å². The van der Waals surface area contributed by atoms with Crippen molar-refractivity contribution in [1.29, 1.82) is 0 Å². The summed E-state index contributed by atoms with van der Waals surface area (Å²) in [6, 6.07) is 11.1. The summed E-state index contributed by atoms with van der Waals surface area (Å²) in [5, 5.41) is 0.705. The zero-order valence-electron chi connectivity index (χ0n) is 21.1. The van der Waals surface area contributed by atoms with Crippen molar-refractivity contribution in [1.82, 2.24) is 14.3 Å². The van der Waals surface area contributed by atoms with Crippen molar-refractivity contribution in [3.8, 4) is 11.4 Å². The predicted octanol–water partition coefficient (Wildman–Crippen LogP) is 5.13. The normalized spacial score (nSPS) is 23.2. The second kappa shape index (κ2) is 8.64. The van der Waals surface area contributed by atoms with Gasteiger partial charge in [-0.3, -0.25) is 9.36 Å². The Labute approximate surface area is 229 Å². The maximum atomic E-state index is 13.5. The van der Waals surface area contributed by atoms with E-state index >= 15 is 0 Å². The molecule has 10 heteroatoms. The van der Waals surface area contributed by atoms with Crippen LogP contribution in [-0.4, -0.2) is 32.8 Å². The minimum Gasteiger partial charge on any atom is -0.597 e. The second-order valence-corrected chi connectivity index (χ2v) is 13.1. The first kappa shape index (κ1) is 25.1. The maximum absolute atomic E-state index is 13.5. The van der Waals surface area contributed by atoms with Crippen molar-refractivity contribution < 1.29 is 9.29 Å². The zero-order chi connectivity index (χ0) is 26.3. The molecule has 3 aliphatic heterocycles. The minimum atomic E-state index is -1.24. The Balaban J connectivity index is 1.31. The van der Waals surface area contributed by atoms with Crippen molar-refractivity contribution in [3.63, 3.8) is 0 Å². The van der Waals surface area contributed by atoms with Gasteiger partial charge < -0.3 is 14.2 Å². The fraction of sp³-hybridized carbons (Fsp3) is 0.407. The van der Waals surface area contributed by atoms with E-state index in [2.05, 4.69) is 15.7 Å². The molecule has 1 spiro atoms. The molecule has 37 heavy (non-hydrogen) atoms. The molecular formula is C27H28Cl2N4O3S. The van der Waals surface area contributed by atoms with Crippen LogP contribution in [0.25, 0.3) is 5.69 Å². The van der Waals surface area contributed by atoms with Gasteiger partial charge in [-0.05, 0) is 45.9 Å². The summed E-state index contributed by atoms with van der Waals surface area (Å²) in [5.41, 5.74) is 2.62. The highest BCUT2D eigenvalue weighted by Gasteiger charge is 2.58. The van der Waals surface area contributed by atoms with Crippen LogP contribution in [0.5, 0.6) is 5.75 Å². The van der Waals surface area contributed by atoms with Crippen molar-refractivity contribution in [2.75, 3.05) is 18.0 Å².